The van der Waals surface area contributed by atoms with Gasteiger partial charge in [-0.05, 0) is 48.6 Å². The maximum atomic E-state index is 13.1. The Morgan fingerprint density at radius 2 is 1.79 bits per heavy atom. The van der Waals surface area contributed by atoms with Gasteiger partial charge in [-0.15, -0.1) is 11.3 Å². The molecule has 1 aromatic carbocycles. The minimum Gasteiger partial charge on any atom is -0.497 e. The summed E-state index contributed by atoms with van der Waals surface area (Å²) in [6.07, 6.45) is 1.45. The molecule has 0 N–H and O–H groups in total. The molecule has 0 aliphatic carbocycles. The van der Waals surface area contributed by atoms with E-state index in [1.807, 2.05) is 29.2 Å². The Labute approximate surface area is 199 Å². The number of methoxy groups -OCH3 is 1. The molecule has 2 saturated heterocycles. The number of nitrogens with zero attached hydrogens (tertiary/aromatic N) is 3. The number of piperidine rings is 1. The normalized spacial score (nSPS) is 20.5. The van der Waals surface area contributed by atoms with Gasteiger partial charge in [0.1, 0.15) is 22.3 Å². The summed E-state index contributed by atoms with van der Waals surface area (Å²) in [6.45, 7) is 5.04. The van der Waals surface area contributed by atoms with Crippen LogP contribution in [0.25, 0.3) is 0 Å². The minimum atomic E-state index is -3.51. The summed E-state index contributed by atoms with van der Waals surface area (Å²) >= 11 is 1.22. The highest BCUT2D eigenvalue weighted by atomic mass is 32.2. The van der Waals surface area contributed by atoms with E-state index < -0.39 is 10.0 Å². The van der Waals surface area contributed by atoms with Crippen molar-refractivity contribution in [1.29, 1.82) is 0 Å². The molecule has 1 aromatic heterocycles. The van der Waals surface area contributed by atoms with Crippen LogP contribution in [0.3, 0.4) is 0 Å². The van der Waals surface area contributed by atoms with Crippen molar-refractivity contribution in [3.8, 4) is 11.5 Å². The Hall–Kier alpha value is -2.14. The smallest absolute Gasteiger partial charge is 0.252 e. The Bertz CT molecular complexity index is 1000. The first-order valence-corrected chi connectivity index (χ1v) is 13.6. The third-order valence-electron chi connectivity index (χ3n) is 6.24. The number of hydrogen-bond acceptors (Lipinski definition) is 7. The predicted molar refractivity (Wildman–Crippen MR) is 127 cm³/mol. The SMILES string of the molecule is COc1ccc(OCCN2CCN(C(=O)C3CCCN(S(=O)(=O)c4cccs4)C3)CC2)cc1. The van der Waals surface area contributed by atoms with Crippen molar-refractivity contribution in [3.63, 3.8) is 0 Å². The molecule has 1 atom stereocenters. The predicted octanol–water partition coefficient (Wildman–Crippen LogP) is 2.38. The Balaban J connectivity index is 1.22. The lowest BCUT2D eigenvalue weighted by Crippen LogP contribution is -2.53. The first kappa shape index (κ1) is 24.0. The molecule has 1 unspecified atom stereocenters. The second kappa shape index (κ2) is 10.9. The Morgan fingerprint density at radius 1 is 1.06 bits per heavy atom. The second-order valence-electron chi connectivity index (χ2n) is 8.33. The first-order valence-electron chi connectivity index (χ1n) is 11.3. The average Bonchev–Trinajstić information content (AvgIpc) is 3.41. The van der Waals surface area contributed by atoms with E-state index in [1.54, 1.807) is 24.6 Å². The summed E-state index contributed by atoms with van der Waals surface area (Å²) in [5.74, 6) is 1.42. The number of thiophene rings is 1. The monoisotopic (exact) mass is 493 g/mol. The van der Waals surface area contributed by atoms with Crippen molar-refractivity contribution >= 4 is 27.3 Å². The number of ether oxygens (including phenoxy) is 2. The third kappa shape index (κ3) is 5.87. The van der Waals surface area contributed by atoms with E-state index in [1.165, 1.54) is 15.6 Å². The van der Waals surface area contributed by atoms with Crippen LogP contribution in [0, 0.1) is 5.92 Å². The van der Waals surface area contributed by atoms with Gasteiger partial charge in [0.05, 0.1) is 13.0 Å². The lowest BCUT2D eigenvalue weighted by molar-refractivity contribution is -0.138. The summed E-state index contributed by atoms with van der Waals surface area (Å²) < 4.78 is 38.5. The highest BCUT2D eigenvalue weighted by Gasteiger charge is 2.36. The molecule has 0 bridgehead atoms. The van der Waals surface area contributed by atoms with E-state index in [-0.39, 0.29) is 18.4 Å². The lowest BCUT2D eigenvalue weighted by Gasteiger charge is -2.38. The van der Waals surface area contributed by atoms with Crippen molar-refractivity contribution < 1.29 is 22.7 Å². The van der Waals surface area contributed by atoms with E-state index in [0.29, 0.717) is 36.9 Å². The Kier molecular flexibility index (Phi) is 7.90. The highest BCUT2D eigenvalue weighted by molar-refractivity contribution is 7.91. The number of rotatable bonds is 8. The van der Waals surface area contributed by atoms with E-state index in [9.17, 15) is 13.2 Å². The summed E-state index contributed by atoms with van der Waals surface area (Å²) in [4.78, 5) is 17.3. The number of amides is 1. The zero-order valence-electron chi connectivity index (χ0n) is 18.9. The standard InChI is InChI=1S/C23H31N3O5S2/c1-30-20-6-8-21(9-7-20)31-16-15-24-11-13-25(14-12-24)23(27)19-4-2-10-26(18-19)33(28,29)22-5-3-17-32-22/h3,5-9,17,19H,2,4,10-16,18H2,1H3. The molecule has 0 radical (unpaired) electrons. The van der Waals surface area contributed by atoms with Gasteiger partial charge in [0.15, 0.2) is 0 Å². The topological polar surface area (TPSA) is 79.4 Å². The zero-order valence-corrected chi connectivity index (χ0v) is 20.5. The van der Waals surface area contributed by atoms with Gasteiger partial charge in [0, 0.05) is 45.8 Å². The van der Waals surface area contributed by atoms with Crippen LogP contribution in [0.15, 0.2) is 46.0 Å². The zero-order chi connectivity index (χ0) is 23.3. The van der Waals surface area contributed by atoms with Crippen molar-refractivity contribution in [1.82, 2.24) is 14.1 Å². The van der Waals surface area contributed by atoms with E-state index in [4.69, 9.17) is 9.47 Å². The molecule has 2 aliphatic rings. The largest absolute Gasteiger partial charge is 0.497 e. The fourth-order valence-electron chi connectivity index (χ4n) is 4.31. The average molecular weight is 494 g/mol. The molecule has 2 aliphatic heterocycles. The molecular formula is C23H31N3O5S2. The molecule has 10 heteroatoms. The maximum absolute atomic E-state index is 13.1. The number of benzene rings is 1. The second-order valence-corrected chi connectivity index (χ2v) is 11.4. The summed E-state index contributed by atoms with van der Waals surface area (Å²) in [5, 5.41) is 1.76. The molecule has 3 heterocycles. The Morgan fingerprint density at radius 3 is 2.45 bits per heavy atom. The summed E-state index contributed by atoms with van der Waals surface area (Å²) in [5.41, 5.74) is 0. The number of carbonyl (C=O) groups excluding carboxylic acids is 1. The number of carbonyl (C=O) groups is 1. The van der Waals surface area contributed by atoms with E-state index in [2.05, 4.69) is 4.90 Å². The summed E-state index contributed by atoms with van der Waals surface area (Å²) in [7, 11) is -1.87. The van der Waals surface area contributed by atoms with Crippen LogP contribution >= 0.6 is 11.3 Å². The minimum absolute atomic E-state index is 0.0789. The highest BCUT2D eigenvalue weighted by Crippen LogP contribution is 2.27. The molecule has 180 valence electrons. The van der Waals surface area contributed by atoms with Gasteiger partial charge in [0.2, 0.25) is 5.91 Å². The van der Waals surface area contributed by atoms with Gasteiger partial charge < -0.3 is 14.4 Å². The van der Waals surface area contributed by atoms with Crippen LogP contribution in [0.1, 0.15) is 12.8 Å². The number of hydrogen-bond donors (Lipinski definition) is 0. The van der Waals surface area contributed by atoms with Crippen LogP contribution in [-0.2, 0) is 14.8 Å². The molecule has 4 rings (SSSR count). The van der Waals surface area contributed by atoms with Crippen molar-refractivity contribution in [2.45, 2.75) is 17.1 Å². The summed E-state index contributed by atoms with van der Waals surface area (Å²) in [6, 6.07) is 10.9. The van der Waals surface area contributed by atoms with Gasteiger partial charge in [0.25, 0.3) is 10.0 Å². The van der Waals surface area contributed by atoms with Crippen LogP contribution in [0.2, 0.25) is 0 Å². The van der Waals surface area contributed by atoms with Gasteiger partial charge in [-0.2, -0.15) is 4.31 Å². The van der Waals surface area contributed by atoms with E-state index >= 15 is 0 Å². The molecule has 2 fully saturated rings. The van der Waals surface area contributed by atoms with Crippen LogP contribution < -0.4 is 9.47 Å². The number of piperazine rings is 1. The van der Waals surface area contributed by atoms with Gasteiger partial charge in [-0.1, -0.05) is 6.07 Å². The fourth-order valence-corrected chi connectivity index (χ4v) is 6.98. The molecule has 0 spiro atoms. The molecular weight excluding hydrogens is 462 g/mol. The third-order valence-corrected chi connectivity index (χ3v) is 9.48. The number of sulfonamides is 1. The molecule has 2 aromatic rings. The van der Waals surface area contributed by atoms with Crippen LogP contribution in [-0.4, -0.2) is 88.0 Å². The van der Waals surface area contributed by atoms with Crippen molar-refractivity contribution in [2.24, 2.45) is 5.92 Å². The quantitative estimate of drug-likeness (QED) is 0.562. The van der Waals surface area contributed by atoms with Crippen molar-refractivity contribution in [2.75, 3.05) is 59.5 Å². The van der Waals surface area contributed by atoms with Crippen molar-refractivity contribution in [3.05, 3.63) is 41.8 Å². The lowest BCUT2D eigenvalue weighted by atomic mass is 9.98. The molecule has 1 amide bonds. The van der Waals surface area contributed by atoms with E-state index in [0.717, 1.165) is 37.6 Å². The van der Waals surface area contributed by atoms with Gasteiger partial charge in [-0.25, -0.2) is 8.42 Å². The fraction of sp³-hybridized carbons (Fsp3) is 0.522. The maximum Gasteiger partial charge on any atom is 0.252 e. The van der Waals surface area contributed by atoms with Crippen LogP contribution in [0.4, 0.5) is 0 Å². The van der Waals surface area contributed by atoms with Crippen LogP contribution in [0.5, 0.6) is 11.5 Å². The molecule has 33 heavy (non-hydrogen) atoms. The van der Waals surface area contributed by atoms with Gasteiger partial charge in [-0.3, -0.25) is 9.69 Å². The first-order chi connectivity index (χ1) is 16.0. The molecule has 8 nitrogen and oxygen atoms in total. The van der Waals surface area contributed by atoms with Gasteiger partial charge >= 0.3 is 0 Å². The molecule has 0 saturated carbocycles.